The molecule has 0 aliphatic heterocycles. The number of aromatic amines is 2. The standard InChI is InChI=1S/C9H6FN5.C7H6FN3.C4H8O3.C2H3N.CH6N2O2S.ClH.3K.HO4P/c10-7-5-12-9(15-4-3-13-14-15)8-6(7)1-2-11-8;8-5-3-11-7(9)6-4(5)1-2-10-6;1-6-4(3-5)7-2;1-2-3;1-6(4,5)3-2;;;;;1-4-5(2)3/h1-5,11H;1-3,10H,(H2,9,11);3-4H,1-2H3;1H3;3H,2H2,1H3;1H;;;;1H/q;;;;;;;;+1;/p-1. The van der Waals surface area contributed by atoms with Gasteiger partial charge in [0.2, 0.25) is 16.3 Å². The number of nitrogens with two attached hydrogens (primary N) is 2. The molecule has 51 heavy (non-hydrogen) atoms. The third-order valence-corrected chi connectivity index (χ3v) is 5.15. The topological polar surface area (TPSA) is 318 Å². The van der Waals surface area contributed by atoms with Crippen molar-refractivity contribution in [2.75, 3.05) is 26.2 Å². The number of nitrogen functional groups attached to an aromatic ring is 1. The van der Waals surface area contributed by atoms with Gasteiger partial charge < -0.3 is 35.3 Å². The van der Waals surface area contributed by atoms with Gasteiger partial charge in [-0.05, 0) is 16.7 Å². The third-order valence-electron chi connectivity index (χ3n) is 4.60. The maximum atomic E-state index is 13.3. The fourth-order valence-corrected chi connectivity index (χ4v) is 2.75. The number of anilines is 1. The Bertz CT molecular complexity index is 1780. The summed E-state index contributed by atoms with van der Waals surface area (Å²) in [5.41, 5.74) is 6.63. The zero-order valence-corrected chi connectivity index (χ0v) is 40.2. The Kier molecular flexibility index (Phi) is 39.6. The van der Waals surface area contributed by atoms with Crippen molar-refractivity contribution < 1.29 is 102 Å². The van der Waals surface area contributed by atoms with Crippen LogP contribution < -0.4 is 77.9 Å². The predicted molar refractivity (Wildman–Crippen MR) is 176 cm³/mol. The summed E-state index contributed by atoms with van der Waals surface area (Å²) in [4.78, 5) is 33.5. The van der Waals surface area contributed by atoms with Gasteiger partial charge in [-0.25, -0.2) is 36.5 Å². The molecule has 0 saturated heterocycles. The third kappa shape index (κ3) is 25.2. The number of sulfonamides is 1. The van der Waals surface area contributed by atoms with Gasteiger partial charge in [-0.3, -0.25) is 10.6 Å². The number of fused-ring (bicyclic) bond motifs is 2. The van der Waals surface area contributed by atoms with Crippen LogP contribution in [-0.2, 0) is 33.5 Å². The van der Waals surface area contributed by atoms with E-state index in [0.717, 1.165) is 12.5 Å². The molecule has 1 unspecified atom stereocenters. The van der Waals surface area contributed by atoms with E-state index in [4.69, 9.17) is 25.7 Å². The number of halogens is 3. The molecule has 0 amide bonds. The van der Waals surface area contributed by atoms with Crippen LogP contribution in [0.15, 0.2) is 49.3 Å². The molecule has 0 spiro atoms. The number of nitriles is 1. The summed E-state index contributed by atoms with van der Waals surface area (Å²) in [7, 11) is -3.48. The molecule has 5 aromatic rings. The monoisotopic (exact) mass is 857 g/mol. The Morgan fingerprint density at radius 1 is 1.12 bits per heavy atom. The van der Waals surface area contributed by atoms with E-state index in [2.05, 4.69) is 50.2 Å². The molecule has 0 saturated carbocycles. The van der Waals surface area contributed by atoms with Crippen LogP contribution in [-0.4, -0.2) is 140 Å². The van der Waals surface area contributed by atoms with Crippen molar-refractivity contribution in [1.29, 1.82) is 5.26 Å². The molecule has 20 nitrogen and oxygen atoms in total. The SMILES string of the molecule is CC#N.COC(C=O)OC.CS(=O)(=O)NN.Cl.Fc1cnc(-n2ccnn2)c2[nH]ccc12.Nc1ncc(F)c2cc[nH]c12.O=[P+]([O-])O[O-].[K+].[K][K]. The summed E-state index contributed by atoms with van der Waals surface area (Å²) >= 11 is 2.50. The molecule has 7 N–H and O–H groups in total. The molecular weight excluding hydrogens is 828 g/mol. The van der Waals surface area contributed by atoms with E-state index in [1.807, 2.05) is 0 Å². The molecule has 5 aromatic heterocycles. The minimum absolute atomic E-state index is 0. The first-order valence-corrected chi connectivity index (χ1v) is 32.0. The molecule has 1 atom stereocenters. The number of methoxy groups -OCH3 is 2. The van der Waals surface area contributed by atoms with Gasteiger partial charge in [-0.15, -0.1) is 17.5 Å². The number of nitrogens with zero attached hydrogens (tertiary/aromatic N) is 6. The van der Waals surface area contributed by atoms with Crippen LogP contribution in [0.25, 0.3) is 27.6 Å². The molecule has 266 valence electrons. The van der Waals surface area contributed by atoms with Crippen molar-refractivity contribution in [3.8, 4) is 11.9 Å². The van der Waals surface area contributed by atoms with Gasteiger partial charge in [0, 0.05) is 44.3 Å². The summed E-state index contributed by atoms with van der Waals surface area (Å²) in [6.45, 7) is 1.43. The number of aromatic nitrogens is 7. The number of H-pyrrole nitrogens is 2. The van der Waals surface area contributed by atoms with Gasteiger partial charge in [-0.2, -0.15) is 10.1 Å². The number of hydrogen-bond donors (Lipinski definition) is 5. The molecule has 5 rings (SSSR count). The fraction of sp³-hybridized carbons (Fsp3) is 0.217. The quantitative estimate of drug-likeness (QED) is 0.0209. The second-order valence-corrected chi connectivity index (χ2v) is 10.1. The number of hydrazine groups is 1. The molecule has 0 aromatic carbocycles. The van der Waals surface area contributed by atoms with E-state index in [1.54, 1.807) is 47.8 Å². The molecule has 0 aliphatic carbocycles. The van der Waals surface area contributed by atoms with Crippen molar-refractivity contribution in [2.24, 2.45) is 5.84 Å². The number of pyridine rings is 2. The van der Waals surface area contributed by atoms with Crippen LogP contribution in [0.4, 0.5) is 14.6 Å². The summed E-state index contributed by atoms with van der Waals surface area (Å²) in [6, 6.07) is 5.04. The Morgan fingerprint density at radius 3 is 1.88 bits per heavy atom. The van der Waals surface area contributed by atoms with Gasteiger partial charge in [0.05, 0.1) is 48.1 Å². The van der Waals surface area contributed by atoms with Crippen LogP contribution >= 0.6 is 20.7 Å². The molecule has 0 radical (unpaired) electrons. The predicted octanol–water partition coefficient (Wildman–Crippen LogP) is -3.73. The van der Waals surface area contributed by atoms with E-state index in [-0.39, 0.29) is 75.4 Å². The van der Waals surface area contributed by atoms with E-state index < -0.39 is 24.6 Å². The number of carbonyl (C=O) groups is 1. The number of ether oxygens (including phenoxy) is 2. The summed E-state index contributed by atoms with van der Waals surface area (Å²) in [5.74, 6) is 4.63. The number of hydrogen-bond acceptors (Lipinski definition) is 16. The van der Waals surface area contributed by atoms with Crippen molar-refractivity contribution in [2.45, 2.75) is 13.2 Å². The minimum atomic E-state index is -3.15. The van der Waals surface area contributed by atoms with Crippen LogP contribution in [0, 0.1) is 23.0 Å². The number of rotatable bonds is 6. The number of nitrogens with one attached hydrogen (secondary N) is 3. The zero-order chi connectivity index (χ0) is 38.0. The average Bonchev–Trinajstić information content (AvgIpc) is 3.90. The second-order valence-electron chi connectivity index (χ2n) is 7.69. The van der Waals surface area contributed by atoms with Crippen molar-refractivity contribution in [3.63, 3.8) is 0 Å². The molecular formula is C23H30ClF2K3N11O9PS. The van der Waals surface area contributed by atoms with E-state index in [9.17, 15) is 22.0 Å². The molecule has 28 heteroatoms. The Balaban J connectivity index is -0.000000275. The van der Waals surface area contributed by atoms with E-state index in [1.165, 1.54) is 95.2 Å². The summed E-state index contributed by atoms with van der Waals surface area (Å²) in [5, 5.41) is 24.3. The average molecular weight is 858 g/mol. The van der Waals surface area contributed by atoms with E-state index >= 15 is 0 Å². The normalized spacial score (nSPS) is 9.63. The van der Waals surface area contributed by atoms with Gasteiger partial charge in [0.25, 0.3) is 0 Å². The fourth-order valence-electron chi connectivity index (χ4n) is 2.75. The first kappa shape index (κ1) is 58.0. The van der Waals surface area contributed by atoms with Crippen molar-refractivity contribution >= 4 is 128 Å². The first-order valence-electron chi connectivity index (χ1n) is 13.0. The molecule has 0 bridgehead atoms. The second kappa shape index (κ2) is 34.8. The Hall–Kier alpha value is 0.309. The van der Waals surface area contributed by atoms with Gasteiger partial charge >= 0.3 is 123 Å². The zero-order valence-electron chi connectivity index (χ0n) is 28.3. The molecule has 0 aliphatic rings. The van der Waals surface area contributed by atoms with Gasteiger partial charge in [0.1, 0.15) is 5.82 Å². The molecule has 5 heterocycles. The first-order chi connectivity index (χ1) is 23.2. The van der Waals surface area contributed by atoms with Crippen molar-refractivity contribution in [3.05, 3.63) is 60.9 Å². The summed E-state index contributed by atoms with van der Waals surface area (Å²) in [6.07, 6.45) is 9.65. The Labute approximate surface area is 385 Å². The van der Waals surface area contributed by atoms with Crippen molar-refractivity contribution in [1.82, 2.24) is 39.8 Å². The van der Waals surface area contributed by atoms with Crippen LogP contribution in [0.5, 0.6) is 0 Å². The number of carbonyl (C=O) groups excluding carboxylic acids is 1. The molecule has 0 fully saturated rings. The Morgan fingerprint density at radius 2 is 1.55 bits per heavy atom. The number of aldehydes is 1. The maximum absolute atomic E-state index is 13.3. The van der Waals surface area contributed by atoms with Crippen LogP contribution in [0.2, 0.25) is 0 Å². The van der Waals surface area contributed by atoms with Crippen LogP contribution in [0.3, 0.4) is 0 Å². The summed E-state index contributed by atoms with van der Waals surface area (Å²) < 4.78 is 67.4. The van der Waals surface area contributed by atoms with Crippen LogP contribution in [0.1, 0.15) is 6.92 Å². The van der Waals surface area contributed by atoms with E-state index in [0.29, 0.717) is 39.7 Å². The van der Waals surface area contributed by atoms with Gasteiger partial charge in [-0.1, -0.05) is 5.21 Å². The van der Waals surface area contributed by atoms with Gasteiger partial charge in [0.15, 0.2) is 23.7 Å².